The highest BCUT2D eigenvalue weighted by Crippen LogP contribution is 2.15. The van der Waals surface area contributed by atoms with E-state index in [1.807, 2.05) is 0 Å². The van der Waals surface area contributed by atoms with Gasteiger partial charge in [0.05, 0.1) is 5.60 Å². The van der Waals surface area contributed by atoms with Crippen LogP contribution in [-0.2, 0) is 4.74 Å². The molecule has 1 nitrogen and oxygen atoms in total. The molecule has 0 radical (unpaired) electrons. The lowest BCUT2D eigenvalue weighted by molar-refractivity contribution is -0.0105. The van der Waals surface area contributed by atoms with Crippen LogP contribution in [0.4, 0.5) is 0 Å². The zero-order chi connectivity index (χ0) is 9.78. The molecule has 0 bridgehead atoms. The van der Waals surface area contributed by atoms with Crippen molar-refractivity contribution in [3.05, 3.63) is 0 Å². The molecule has 0 aliphatic rings. The third-order valence-corrected chi connectivity index (χ3v) is 2.25. The first kappa shape index (κ1) is 12.0. The zero-order valence-electron chi connectivity index (χ0n) is 9.48. The van der Waals surface area contributed by atoms with Gasteiger partial charge in [0.1, 0.15) is 0 Å². The van der Waals surface area contributed by atoms with Crippen LogP contribution in [0.1, 0.15) is 48.0 Å². The Morgan fingerprint density at radius 3 is 1.92 bits per heavy atom. The van der Waals surface area contributed by atoms with Crippen molar-refractivity contribution in [2.45, 2.75) is 53.6 Å². The molecule has 0 spiro atoms. The second kappa shape index (κ2) is 4.86. The van der Waals surface area contributed by atoms with Gasteiger partial charge in [0.2, 0.25) is 0 Å². The Morgan fingerprint density at radius 1 is 1.08 bits per heavy atom. The largest absolute Gasteiger partial charge is 0.376 e. The zero-order valence-corrected chi connectivity index (χ0v) is 9.48. The molecule has 0 aromatic heterocycles. The summed E-state index contributed by atoms with van der Waals surface area (Å²) >= 11 is 0. The van der Waals surface area contributed by atoms with Crippen LogP contribution in [0.2, 0.25) is 0 Å². The Labute approximate surface area is 77.5 Å². The number of hydrogen-bond acceptors (Lipinski definition) is 1. The Morgan fingerprint density at radius 2 is 1.58 bits per heavy atom. The molecule has 0 N–H and O–H groups in total. The molecule has 0 aliphatic carbocycles. The quantitative estimate of drug-likeness (QED) is 0.631. The first-order valence-electron chi connectivity index (χ1n) is 4.97. The molecule has 0 heterocycles. The third-order valence-electron chi connectivity index (χ3n) is 2.25. The normalized spacial score (nSPS) is 15.2. The Balaban J connectivity index is 3.44. The van der Waals surface area contributed by atoms with Crippen LogP contribution in [0.25, 0.3) is 0 Å². The Bertz CT molecular complexity index is 111. The van der Waals surface area contributed by atoms with E-state index in [1.165, 1.54) is 6.42 Å². The average molecular weight is 172 g/mol. The molecule has 74 valence electrons. The van der Waals surface area contributed by atoms with Crippen molar-refractivity contribution in [2.24, 2.45) is 11.8 Å². The molecule has 1 heteroatoms. The van der Waals surface area contributed by atoms with Crippen LogP contribution in [0.15, 0.2) is 0 Å². The van der Waals surface area contributed by atoms with Gasteiger partial charge in [0.15, 0.2) is 0 Å². The number of ether oxygens (including phenoxy) is 1. The number of hydrogen-bond donors (Lipinski definition) is 0. The summed E-state index contributed by atoms with van der Waals surface area (Å²) in [5.41, 5.74) is 0.0245. The molecule has 0 fully saturated rings. The van der Waals surface area contributed by atoms with Crippen LogP contribution >= 0.6 is 0 Å². The lowest BCUT2D eigenvalue weighted by Gasteiger charge is -2.22. The van der Waals surface area contributed by atoms with Gasteiger partial charge in [-0.2, -0.15) is 0 Å². The van der Waals surface area contributed by atoms with Gasteiger partial charge in [0.25, 0.3) is 0 Å². The van der Waals surface area contributed by atoms with E-state index in [0.29, 0.717) is 0 Å². The fraction of sp³-hybridized carbons (Fsp3) is 1.00. The van der Waals surface area contributed by atoms with E-state index in [0.717, 1.165) is 18.4 Å². The van der Waals surface area contributed by atoms with Gasteiger partial charge in [-0.1, -0.05) is 20.8 Å². The van der Waals surface area contributed by atoms with Crippen molar-refractivity contribution in [1.29, 1.82) is 0 Å². The van der Waals surface area contributed by atoms with Crippen molar-refractivity contribution < 1.29 is 4.74 Å². The molecule has 0 saturated carbocycles. The predicted molar refractivity (Wildman–Crippen MR) is 54.3 cm³/mol. The molecule has 0 aromatic rings. The molecule has 0 aromatic carbocycles. The Kier molecular flexibility index (Phi) is 4.84. The maximum Gasteiger partial charge on any atom is 0.0598 e. The topological polar surface area (TPSA) is 9.23 Å². The van der Waals surface area contributed by atoms with Crippen molar-refractivity contribution in [1.82, 2.24) is 0 Å². The first-order chi connectivity index (χ1) is 5.33. The lowest BCUT2D eigenvalue weighted by Crippen LogP contribution is -2.21. The number of rotatable bonds is 4. The average Bonchev–Trinajstić information content (AvgIpc) is 1.84. The fourth-order valence-corrected chi connectivity index (χ4v) is 0.884. The van der Waals surface area contributed by atoms with Crippen molar-refractivity contribution in [3.63, 3.8) is 0 Å². The first-order valence-corrected chi connectivity index (χ1v) is 4.97. The summed E-state index contributed by atoms with van der Waals surface area (Å²) in [4.78, 5) is 0. The van der Waals surface area contributed by atoms with Crippen LogP contribution in [0, 0.1) is 11.8 Å². The van der Waals surface area contributed by atoms with Crippen molar-refractivity contribution in [2.75, 3.05) is 6.61 Å². The predicted octanol–water partition coefficient (Wildman–Crippen LogP) is 3.48. The van der Waals surface area contributed by atoms with E-state index in [1.54, 1.807) is 0 Å². The summed E-state index contributed by atoms with van der Waals surface area (Å²) in [6.45, 7) is 14.0. The van der Waals surface area contributed by atoms with E-state index >= 15 is 0 Å². The maximum absolute atomic E-state index is 5.65. The molecule has 12 heavy (non-hydrogen) atoms. The molecule has 0 saturated heterocycles. The van der Waals surface area contributed by atoms with E-state index in [-0.39, 0.29) is 5.60 Å². The van der Waals surface area contributed by atoms with Gasteiger partial charge in [-0.25, -0.2) is 0 Å². The molecular formula is C11H24O. The highest BCUT2D eigenvalue weighted by molar-refractivity contribution is 4.61. The van der Waals surface area contributed by atoms with E-state index in [9.17, 15) is 0 Å². The summed E-state index contributed by atoms with van der Waals surface area (Å²) < 4.78 is 5.65. The third kappa shape index (κ3) is 6.66. The van der Waals surface area contributed by atoms with Crippen LogP contribution in [0.3, 0.4) is 0 Å². The SMILES string of the molecule is CC(C)C(C)CCOC(C)(C)C. The highest BCUT2D eigenvalue weighted by atomic mass is 16.5. The summed E-state index contributed by atoms with van der Waals surface area (Å²) in [6.07, 6.45) is 1.18. The second-order valence-corrected chi connectivity index (χ2v) is 4.97. The monoisotopic (exact) mass is 172 g/mol. The summed E-state index contributed by atoms with van der Waals surface area (Å²) in [5, 5.41) is 0. The maximum atomic E-state index is 5.65. The van der Waals surface area contributed by atoms with Gasteiger partial charge >= 0.3 is 0 Å². The van der Waals surface area contributed by atoms with E-state index in [2.05, 4.69) is 41.5 Å². The van der Waals surface area contributed by atoms with Gasteiger partial charge in [-0.3, -0.25) is 0 Å². The lowest BCUT2D eigenvalue weighted by atomic mass is 9.95. The van der Waals surface area contributed by atoms with E-state index in [4.69, 9.17) is 4.74 Å². The van der Waals surface area contributed by atoms with Crippen molar-refractivity contribution in [3.8, 4) is 0 Å². The van der Waals surface area contributed by atoms with Gasteiger partial charge < -0.3 is 4.74 Å². The van der Waals surface area contributed by atoms with Crippen molar-refractivity contribution >= 4 is 0 Å². The standard InChI is InChI=1S/C11H24O/c1-9(2)10(3)7-8-12-11(4,5)6/h9-10H,7-8H2,1-6H3. The minimum atomic E-state index is 0.0245. The second-order valence-electron chi connectivity index (χ2n) is 4.97. The molecule has 0 rings (SSSR count). The summed E-state index contributed by atoms with van der Waals surface area (Å²) in [7, 11) is 0. The Hall–Kier alpha value is -0.0400. The summed E-state index contributed by atoms with van der Waals surface area (Å²) in [6, 6.07) is 0. The van der Waals surface area contributed by atoms with Crippen LogP contribution in [-0.4, -0.2) is 12.2 Å². The van der Waals surface area contributed by atoms with Crippen LogP contribution in [0.5, 0.6) is 0 Å². The highest BCUT2D eigenvalue weighted by Gasteiger charge is 2.12. The van der Waals surface area contributed by atoms with E-state index < -0.39 is 0 Å². The summed E-state index contributed by atoms with van der Waals surface area (Å²) in [5.74, 6) is 1.54. The van der Waals surface area contributed by atoms with Crippen LogP contribution < -0.4 is 0 Å². The molecule has 1 atom stereocenters. The molecular weight excluding hydrogens is 148 g/mol. The minimum Gasteiger partial charge on any atom is -0.376 e. The molecule has 0 aliphatic heterocycles. The molecule has 0 amide bonds. The van der Waals surface area contributed by atoms with Gasteiger partial charge in [-0.05, 0) is 39.0 Å². The minimum absolute atomic E-state index is 0.0245. The fourth-order valence-electron chi connectivity index (χ4n) is 0.884. The van der Waals surface area contributed by atoms with Gasteiger partial charge in [-0.15, -0.1) is 0 Å². The van der Waals surface area contributed by atoms with Gasteiger partial charge in [0, 0.05) is 6.61 Å². The smallest absolute Gasteiger partial charge is 0.0598 e. The molecule has 1 unspecified atom stereocenters.